The lowest BCUT2D eigenvalue weighted by atomic mass is 10.1. The van der Waals surface area contributed by atoms with Crippen molar-refractivity contribution in [3.05, 3.63) is 117 Å². The van der Waals surface area contributed by atoms with Crippen LogP contribution in [0.25, 0.3) is 12.2 Å². The number of aromatic nitrogens is 2. The third-order valence-corrected chi connectivity index (χ3v) is 4.53. The average molecular weight is 358 g/mol. The molecule has 0 aliphatic rings. The van der Waals surface area contributed by atoms with Crippen molar-refractivity contribution in [2.24, 2.45) is 0 Å². The Morgan fingerprint density at radius 3 is 1.78 bits per heavy atom. The van der Waals surface area contributed by atoms with Crippen LogP contribution in [-0.4, -0.2) is 9.13 Å². The van der Waals surface area contributed by atoms with Crippen LogP contribution >= 0.6 is 0 Å². The van der Waals surface area contributed by atoms with Crippen molar-refractivity contribution in [3.63, 3.8) is 0 Å². The van der Waals surface area contributed by atoms with E-state index in [0.29, 0.717) is 12.1 Å². The van der Waals surface area contributed by atoms with Gasteiger partial charge in [0.15, 0.2) is 0 Å². The van der Waals surface area contributed by atoms with E-state index in [0.717, 1.165) is 22.3 Å². The molecule has 1 aromatic heterocycles. The van der Waals surface area contributed by atoms with E-state index in [-0.39, 0.29) is 17.8 Å². The van der Waals surface area contributed by atoms with Gasteiger partial charge < -0.3 is 0 Å². The summed E-state index contributed by atoms with van der Waals surface area (Å²) in [6.45, 7) is 9.86. The second-order valence-electron chi connectivity index (χ2n) is 6.51. The Labute approximate surface area is 158 Å². The minimum atomic E-state index is -0.314. The summed E-state index contributed by atoms with van der Waals surface area (Å²) in [5.74, 6) is 0. The van der Waals surface area contributed by atoms with Gasteiger partial charge in [-0.05, 0) is 29.2 Å². The second-order valence-corrected chi connectivity index (χ2v) is 6.51. The van der Waals surface area contributed by atoms with Crippen LogP contribution in [0.2, 0.25) is 0 Å². The first-order chi connectivity index (χ1) is 13.0. The monoisotopic (exact) mass is 358 g/mol. The van der Waals surface area contributed by atoms with E-state index < -0.39 is 0 Å². The van der Waals surface area contributed by atoms with Gasteiger partial charge in [-0.15, -0.1) is 0 Å². The van der Waals surface area contributed by atoms with Gasteiger partial charge in [-0.25, -0.2) is 4.79 Å². The van der Waals surface area contributed by atoms with E-state index in [1.54, 1.807) is 29.8 Å². The van der Waals surface area contributed by atoms with Crippen LogP contribution in [0.4, 0.5) is 0 Å². The molecule has 0 fully saturated rings. The fourth-order valence-electron chi connectivity index (χ4n) is 2.95. The molecule has 3 rings (SSSR count). The van der Waals surface area contributed by atoms with Crippen LogP contribution in [0.1, 0.15) is 27.8 Å². The Kier molecular flexibility index (Phi) is 5.36. The Bertz CT molecular complexity index is 1090. The molecule has 136 valence electrons. The van der Waals surface area contributed by atoms with E-state index in [1.807, 2.05) is 48.5 Å². The lowest BCUT2D eigenvalue weighted by molar-refractivity contribution is 0.605. The van der Waals surface area contributed by atoms with Gasteiger partial charge in [-0.1, -0.05) is 73.8 Å². The second kappa shape index (κ2) is 7.87. The fraction of sp³-hybridized carbons (Fsp3) is 0.130. The van der Waals surface area contributed by atoms with E-state index in [9.17, 15) is 9.59 Å². The predicted molar refractivity (Wildman–Crippen MR) is 111 cm³/mol. The summed E-state index contributed by atoms with van der Waals surface area (Å²) in [5, 5.41) is 0. The highest BCUT2D eigenvalue weighted by molar-refractivity contribution is 5.47. The molecule has 0 saturated carbocycles. The van der Waals surface area contributed by atoms with Crippen LogP contribution in [-0.2, 0) is 13.1 Å². The largest absolute Gasteiger partial charge is 0.331 e. The van der Waals surface area contributed by atoms with Gasteiger partial charge >= 0.3 is 5.69 Å². The predicted octanol–water partition coefficient (Wildman–Crippen LogP) is 3.70. The number of hydrogen-bond acceptors (Lipinski definition) is 2. The molecule has 0 atom stereocenters. The number of hydrogen-bond donors (Lipinski definition) is 0. The molecule has 4 heteroatoms. The highest BCUT2D eigenvalue weighted by atomic mass is 16.2. The van der Waals surface area contributed by atoms with Crippen molar-refractivity contribution in [3.8, 4) is 0 Å². The minimum absolute atomic E-state index is 0.242. The third kappa shape index (κ3) is 4.06. The average Bonchev–Trinajstić information content (AvgIpc) is 2.70. The molecular weight excluding hydrogens is 336 g/mol. The van der Waals surface area contributed by atoms with Gasteiger partial charge in [-0.3, -0.25) is 13.9 Å². The molecule has 0 spiro atoms. The SMILES string of the molecule is C=Cc1ccc(Cn2cc(C)c(=O)n(Cc3ccc(C=C)cc3)c2=O)cc1. The molecule has 0 aliphatic heterocycles. The number of nitrogens with zero attached hydrogens (tertiary/aromatic N) is 2. The Morgan fingerprint density at radius 2 is 1.30 bits per heavy atom. The highest BCUT2D eigenvalue weighted by Gasteiger charge is 2.10. The summed E-state index contributed by atoms with van der Waals surface area (Å²) < 4.78 is 2.87. The number of aryl methyl sites for hydroxylation is 1. The molecule has 0 aliphatic carbocycles. The maximum atomic E-state index is 12.9. The summed E-state index contributed by atoms with van der Waals surface area (Å²) in [5.41, 5.74) is 3.87. The summed E-state index contributed by atoms with van der Waals surface area (Å²) in [6, 6.07) is 15.5. The zero-order valence-corrected chi connectivity index (χ0v) is 15.4. The normalized spacial score (nSPS) is 10.6. The van der Waals surface area contributed by atoms with Crippen molar-refractivity contribution in [1.29, 1.82) is 0 Å². The smallest absolute Gasteiger partial charge is 0.296 e. The lowest BCUT2D eigenvalue weighted by Gasteiger charge is -2.12. The first-order valence-corrected chi connectivity index (χ1v) is 8.75. The van der Waals surface area contributed by atoms with Gasteiger partial charge in [-0.2, -0.15) is 0 Å². The van der Waals surface area contributed by atoms with Crippen LogP contribution in [0.3, 0.4) is 0 Å². The van der Waals surface area contributed by atoms with Crippen LogP contribution in [0.15, 0.2) is 77.5 Å². The number of rotatable bonds is 6. The molecule has 0 unspecified atom stereocenters. The van der Waals surface area contributed by atoms with E-state index >= 15 is 0 Å². The van der Waals surface area contributed by atoms with E-state index in [2.05, 4.69) is 13.2 Å². The van der Waals surface area contributed by atoms with Crippen LogP contribution < -0.4 is 11.2 Å². The Morgan fingerprint density at radius 1 is 0.815 bits per heavy atom. The lowest BCUT2D eigenvalue weighted by Crippen LogP contribution is -2.41. The maximum absolute atomic E-state index is 12.9. The van der Waals surface area contributed by atoms with Crippen molar-refractivity contribution < 1.29 is 0 Å². The Hall–Kier alpha value is -3.40. The first-order valence-electron chi connectivity index (χ1n) is 8.75. The molecular formula is C23H22N2O2. The van der Waals surface area contributed by atoms with Crippen molar-refractivity contribution in [2.75, 3.05) is 0 Å². The van der Waals surface area contributed by atoms with Gasteiger partial charge in [0.05, 0.1) is 13.1 Å². The summed E-state index contributed by atoms with van der Waals surface area (Å²) in [4.78, 5) is 25.4. The van der Waals surface area contributed by atoms with E-state index in [4.69, 9.17) is 0 Å². The maximum Gasteiger partial charge on any atom is 0.331 e. The Balaban J connectivity index is 1.96. The molecule has 0 amide bonds. The summed E-state index contributed by atoms with van der Waals surface area (Å²) in [7, 11) is 0. The van der Waals surface area contributed by atoms with E-state index in [1.165, 1.54) is 4.57 Å². The van der Waals surface area contributed by atoms with Crippen molar-refractivity contribution >= 4 is 12.2 Å². The third-order valence-electron chi connectivity index (χ3n) is 4.53. The molecule has 27 heavy (non-hydrogen) atoms. The topological polar surface area (TPSA) is 44.0 Å². The van der Waals surface area contributed by atoms with Gasteiger partial charge in [0.2, 0.25) is 0 Å². The summed E-state index contributed by atoms with van der Waals surface area (Å²) >= 11 is 0. The van der Waals surface area contributed by atoms with Crippen LogP contribution in [0.5, 0.6) is 0 Å². The van der Waals surface area contributed by atoms with Gasteiger partial charge in [0.1, 0.15) is 0 Å². The molecule has 0 radical (unpaired) electrons. The zero-order valence-electron chi connectivity index (χ0n) is 15.4. The van der Waals surface area contributed by atoms with Crippen molar-refractivity contribution in [2.45, 2.75) is 20.0 Å². The van der Waals surface area contributed by atoms with Gasteiger partial charge in [0.25, 0.3) is 5.56 Å². The molecule has 1 heterocycles. The molecule has 2 aromatic carbocycles. The zero-order chi connectivity index (χ0) is 19.4. The van der Waals surface area contributed by atoms with Gasteiger partial charge in [0, 0.05) is 11.8 Å². The fourth-order valence-corrected chi connectivity index (χ4v) is 2.95. The molecule has 0 N–H and O–H groups in total. The molecule has 3 aromatic rings. The summed E-state index contributed by atoms with van der Waals surface area (Å²) in [6.07, 6.45) is 5.16. The first kappa shape index (κ1) is 18.4. The number of benzene rings is 2. The van der Waals surface area contributed by atoms with Crippen LogP contribution in [0, 0.1) is 6.92 Å². The van der Waals surface area contributed by atoms with Crippen molar-refractivity contribution in [1.82, 2.24) is 9.13 Å². The molecule has 0 bridgehead atoms. The standard InChI is InChI=1S/C23H22N2O2/c1-4-18-6-10-20(11-7-18)15-24-14-17(3)22(26)25(23(24)27)16-21-12-8-19(5-2)9-13-21/h4-14H,1-2,15-16H2,3H3. The minimum Gasteiger partial charge on any atom is -0.296 e. The molecule has 4 nitrogen and oxygen atoms in total. The highest BCUT2D eigenvalue weighted by Crippen LogP contribution is 2.08. The quantitative estimate of drug-likeness (QED) is 0.674. The molecule has 0 saturated heterocycles.